The largest absolute Gasteiger partial charge is 0.328 e. The fourth-order valence-electron chi connectivity index (χ4n) is 2.56. The molecule has 3 atom stereocenters. The molecule has 2 rings (SSSR count). The van der Waals surface area contributed by atoms with Crippen molar-refractivity contribution in [2.24, 2.45) is 17.6 Å². The van der Waals surface area contributed by atoms with Crippen molar-refractivity contribution in [3.63, 3.8) is 0 Å². The van der Waals surface area contributed by atoms with Crippen LogP contribution in [0, 0.1) is 11.8 Å². The third-order valence-electron chi connectivity index (χ3n) is 3.28. The summed E-state index contributed by atoms with van der Waals surface area (Å²) in [5.74, 6) is 1.89. The van der Waals surface area contributed by atoms with Crippen LogP contribution in [0.3, 0.4) is 0 Å². The molecular weight excluding hydrogens is 172 g/mol. The second-order valence-electron chi connectivity index (χ2n) is 4.09. The summed E-state index contributed by atoms with van der Waals surface area (Å²) in [5, 5.41) is 3.46. The molecule has 3 unspecified atom stereocenters. The van der Waals surface area contributed by atoms with Crippen molar-refractivity contribution in [2.75, 3.05) is 13.1 Å². The molecule has 0 aromatic heterocycles. The van der Waals surface area contributed by atoms with Gasteiger partial charge >= 0.3 is 0 Å². The van der Waals surface area contributed by atoms with Crippen LogP contribution < -0.4 is 11.1 Å². The molecule has 1 heterocycles. The third-order valence-corrected chi connectivity index (χ3v) is 3.28. The van der Waals surface area contributed by atoms with Gasteiger partial charge in [-0.1, -0.05) is 0 Å². The van der Waals surface area contributed by atoms with Crippen LogP contribution in [0.25, 0.3) is 0 Å². The lowest BCUT2D eigenvalue weighted by Gasteiger charge is -2.38. The second kappa shape index (κ2) is 4.45. The van der Waals surface area contributed by atoms with E-state index in [1.54, 1.807) is 0 Å². The molecule has 2 fully saturated rings. The smallest absolute Gasteiger partial charge is 0.00416 e. The number of rotatable bonds is 0. The van der Waals surface area contributed by atoms with Gasteiger partial charge in [0.2, 0.25) is 0 Å². The molecule has 3 heteroatoms. The van der Waals surface area contributed by atoms with Gasteiger partial charge in [-0.25, -0.2) is 0 Å². The van der Waals surface area contributed by atoms with Crippen LogP contribution >= 0.6 is 12.4 Å². The molecule has 0 radical (unpaired) electrons. The number of fused-ring (bicyclic) bond motifs is 1. The van der Waals surface area contributed by atoms with E-state index in [-0.39, 0.29) is 12.4 Å². The predicted molar refractivity (Wildman–Crippen MR) is 53.5 cm³/mol. The normalized spacial score (nSPS) is 41.2. The summed E-state index contributed by atoms with van der Waals surface area (Å²) >= 11 is 0. The van der Waals surface area contributed by atoms with Gasteiger partial charge in [-0.05, 0) is 50.6 Å². The highest BCUT2D eigenvalue weighted by Gasteiger charge is 2.30. The molecule has 12 heavy (non-hydrogen) atoms. The molecule has 1 saturated heterocycles. The molecule has 0 aromatic carbocycles. The molecule has 3 N–H and O–H groups in total. The Morgan fingerprint density at radius 1 is 1.08 bits per heavy atom. The monoisotopic (exact) mass is 190 g/mol. The summed E-state index contributed by atoms with van der Waals surface area (Å²) in [6, 6.07) is 0.509. The van der Waals surface area contributed by atoms with Gasteiger partial charge in [-0.2, -0.15) is 0 Å². The Kier molecular flexibility index (Phi) is 3.81. The van der Waals surface area contributed by atoms with Gasteiger partial charge in [0.15, 0.2) is 0 Å². The summed E-state index contributed by atoms with van der Waals surface area (Å²) in [6.45, 7) is 2.46. The van der Waals surface area contributed by atoms with E-state index in [2.05, 4.69) is 5.32 Å². The Balaban J connectivity index is 0.000000720. The van der Waals surface area contributed by atoms with Gasteiger partial charge < -0.3 is 11.1 Å². The van der Waals surface area contributed by atoms with E-state index in [1.165, 1.54) is 38.8 Å². The first kappa shape index (κ1) is 10.3. The van der Waals surface area contributed by atoms with Crippen molar-refractivity contribution >= 4 is 12.4 Å². The summed E-state index contributed by atoms with van der Waals surface area (Å²) < 4.78 is 0. The Bertz CT molecular complexity index is 140. The van der Waals surface area contributed by atoms with Crippen LogP contribution in [-0.2, 0) is 0 Å². The Morgan fingerprint density at radius 3 is 2.75 bits per heavy atom. The summed E-state index contributed by atoms with van der Waals surface area (Å²) in [4.78, 5) is 0. The first-order chi connectivity index (χ1) is 5.36. The zero-order valence-electron chi connectivity index (χ0n) is 7.46. The standard InChI is InChI=1S/C9H18N2.ClH/c10-9-2-1-8-6-11-4-3-7(8)5-9;/h7-9,11H,1-6,10H2;1H. The molecule has 72 valence electrons. The number of nitrogens with two attached hydrogens (primary N) is 1. The molecule has 0 aromatic rings. The lowest BCUT2D eigenvalue weighted by atomic mass is 9.74. The first-order valence-corrected chi connectivity index (χ1v) is 4.82. The van der Waals surface area contributed by atoms with Gasteiger partial charge in [0.05, 0.1) is 0 Å². The van der Waals surface area contributed by atoms with Crippen molar-refractivity contribution < 1.29 is 0 Å². The van der Waals surface area contributed by atoms with Crippen molar-refractivity contribution in [3.05, 3.63) is 0 Å². The predicted octanol–water partition coefficient (Wildman–Crippen LogP) is 1.15. The fourth-order valence-corrected chi connectivity index (χ4v) is 2.56. The van der Waals surface area contributed by atoms with Crippen molar-refractivity contribution in [2.45, 2.75) is 31.7 Å². The van der Waals surface area contributed by atoms with Crippen molar-refractivity contribution in [1.29, 1.82) is 0 Å². The zero-order chi connectivity index (χ0) is 7.68. The number of hydrogen-bond donors (Lipinski definition) is 2. The molecule has 1 saturated carbocycles. The molecule has 2 aliphatic rings. The van der Waals surface area contributed by atoms with E-state index >= 15 is 0 Å². The van der Waals surface area contributed by atoms with E-state index in [1.807, 2.05) is 0 Å². The lowest BCUT2D eigenvalue weighted by molar-refractivity contribution is 0.170. The topological polar surface area (TPSA) is 38.0 Å². The Morgan fingerprint density at radius 2 is 1.92 bits per heavy atom. The number of nitrogens with one attached hydrogen (secondary N) is 1. The van der Waals surface area contributed by atoms with E-state index in [9.17, 15) is 0 Å². The molecule has 0 amide bonds. The van der Waals surface area contributed by atoms with Gasteiger partial charge in [-0.15, -0.1) is 12.4 Å². The molecule has 0 spiro atoms. The van der Waals surface area contributed by atoms with Crippen LogP contribution in [0.1, 0.15) is 25.7 Å². The van der Waals surface area contributed by atoms with Gasteiger partial charge in [-0.3, -0.25) is 0 Å². The minimum atomic E-state index is 0. The van der Waals surface area contributed by atoms with Gasteiger partial charge in [0.1, 0.15) is 0 Å². The van der Waals surface area contributed by atoms with Crippen LogP contribution in [0.4, 0.5) is 0 Å². The maximum Gasteiger partial charge on any atom is 0.00416 e. The molecule has 1 aliphatic heterocycles. The quantitative estimate of drug-likeness (QED) is 0.602. The minimum absolute atomic E-state index is 0. The van der Waals surface area contributed by atoms with Crippen LogP contribution in [-0.4, -0.2) is 19.1 Å². The SMILES string of the molecule is Cl.NC1CCC2CNCCC2C1. The lowest BCUT2D eigenvalue weighted by Crippen LogP contribution is -2.43. The fraction of sp³-hybridized carbons (Fsp3) is 1.00. The molecule has 2 nitrogen and oxygen atoms in total. The zero-order valence-corrected chi connectivity index (χ0v) is 8.28. The maximum absolute atomic E-state index is 5.92. The molecule has 0 bridgehead atoms. The minimum Gasteiger partial charge on any atom is -0.328 e. The van der Waals surface area contributed by atoms with Crippen LogP contribution in [0.5, 0.6) is 0 Å². The molecule has 1 aliphatic carbocycles. The number of piperidine rings is 1. The average molecular weight is 191 g/mol. The number of hydrogen-bond acceptors (Lipinski definition) is 2. The second-order valence-corrected chi connectivity index (χ2v) is 4.09. The third kappa shape index (κ3) is 2.12. The van der Waals surface area contributed by atoms with E-state index in [4.69, 9.17) is 5.73 Å². The van der Waals surface area contributed by atoms with Crippen LogP contribution in [0.2, 0.25) is 0 Å². The highest BCUT2D eigenvalue weighted by atomic mass is 35.5. The van der Waals surface area contributed by atoms with Crippen LogP contribution in [0.15, 0.2) is 0 Å². The highest BCUT2D eigenvalue weighted by molar-refractivity contribution is 5.85. The van der Waals surface area contributed by atoms with Crippen molar-refractivity contribution in [1.82, 2.24) is 5.32 Å². The Hall–Kier alpha value is 0.210. The average Bonchev–Trinajstić information content (AvgIpc) is 2.04. The summed E-state index contributed by atoms with van der Waals surface area (Å²) in [5.41, 5.74) is 5.92. The summed E-state index contributed by atoms with van der Waals surface area (Å²) in [7, 11) is 0. The van der Waals surface area contributed by atoms with Gasteiger partial charge in [0, 0.05) is 6.04 Å². The van der Waals surface area contributed by atoms with E-state index in [0.717, 1.165) is 11.8 Å². The van der Waals surface area contributed by atoms with E-state index < -0.39 is 0 Å². The summed E-state index contributed by atoms with van der Waals surface area (Å²) in [6.07, 6.45) is 5.26. The number of halogens is 1. The van der Waals surface area contributed by atoms with Crippen molar-refractivity contribution in [3.8, 4) is 0 Å². The first-order valence-electron chi connectivity index (χ1n) is 4.82. The van der Waals surface area contributed by atoms with Gasteiger partial charge in [0.25, 0.3) is 0 Å². The van der Waals surface area contributed by atoms with E-state index in [0.29, 0.717) is 6.04 Å². The molecular formula is C9H19ClN2. The highest BCUT2D eigenvalue weighted by Crippen LogP contribution is 2.32. The Labute approximate surface area is 80.7 Å². The maximum atomic E-state index is 5.92.